The van der Waals surface area contributed by atoms with Crippen LogP contribution >= 0.6 is 11.6 Å². The van der Waals surface area contributed by atoms with Gasteiger partial charge in [0.05, 0.1) is 0 Å². The Kier molecular flexibility index (Phi) is 5.23. The number of aryl methyl sites for hydroxylation is 2. The second-order valence-corrected chi connectivity index (χ2v) is 5.03. The molecule has 0 bridgehead atoms. The highest BCUT2D eigenvalue weighted by molar-refractivity contribution is 6.21. The first kappa shape index (κ1) is 15.4. The number of para-hydroxylation sites is 2. The summed E-state index contributed by atoms with van der Waals surface area (Å²) in [7, 11) is 0. The molecule has 0 saturated heterocycles. The van der Waals surface area contributed by atoms with Crippen LogP contribution in [-0.2, 0) is 4.79 Å². The Hall–Kier alpha value is -2.00. The standard InChI is InChI=1S/C17H18ClNO2/c1-13-7-6-8-14(2)17(13)21-11-16(20)19(12-18)15-9-4-3-5-10-15/h3-10H,11-12H2,1-2H3. The van der Waals surface area contributed by atoms with Gasteiger partial charge in [0.1, 0.15) is 11.8 Å². The molecule has 0 atom stereocenters. The van der Waals surface area contributed by atoms with Gasteiger partial charge >= 0.3 is 0 Å². The molecule has 0 spiro atoms. The maximum Gasteiger partial charge on any atom is 0.265 e. The molecule has 0 heterocycles. The van der Waals surface area contributed by atoms with E-state index in [4.69, 9.17) is 16.3 Å². The van der Waals surface area contributed by atoms with Crippen molar-refractivity contribution in [1.29, 1.82) is 0 Å². The van der Waals surface area contributed by atoms with Crippen LogP contribution in [0.1, 0.15) is 11.1 Å². The molecule has 21 heavy (non-hydrogen) atoms. The van der Waals surface area contributed by atoms with E-state index in [1.165, 1.54) is 4.90 Å². The minimum Gasteiger partial charge on any atom is -0.483 e. The number of nitrogens with zero attached hydrogens (tertiary/aromatic N) is 1. The zero-order valence-electron chi connectivity index (χ0n) is 12.2. The Bertz CT molecular complexity index is 593. The second kappa shape index (κ2) is 7.14. The summed E-state index contributed by atoms with van der Waals surface area (Å²) in [6.07, 6.45) is 0. The molecule has 0 aromatic heterocycles. The number of hydrogen-bond donors (Lipinski definition) is 0. The zero-order chi connectivity index (χ0) is 15.2. The summed E-state index contributed by atoms with van der Waals surface area (Å²) in [4.78, 5) is 13.8. The van der Waals surface area contributed by atoms with Crippen LogP contribution in [0.2, 0.25) is 0 Å². The molecular weight excluding hydrogens is 286 g/mol. The van der Waals surface area contributed by atoms with Crippen molar-refractivity contribution >= 4 is 23.2 Å². The molecule has 0 fully saturated rings. The Balaban J connectivity index is 2.07. The van der Waals surface area contributed by atoms with Crippen molar-refractivity contribution in [3.8, 4) is 5.75 Å². The topological polar surface area (TPSA) is 29.5 Å². The van der Waals surface area contributed by atoms with Crippen molar-refractivity contribution in [2.45, 2.75) is 13.8 Å². The van der Waals surface area contributed by atoms with E-state index in [1.54, 1.807) is 0 Å². The van der Waals surface area contributed by atoms with Crippen LogP contribution in [0.3, 0.4) is 0 Å². The van der Waals surface area contributed by atoms with Gasteiger partial charge < -0.3 is 4.74 Å². The van der Waals surface area contributed by atoms with Gasteiger partial charge in [0.15, 0.2) is 6.61 Å². The third-order valence-corrected chi connectivity index (χ3v) is 3.48. The van der Waals surface area contributed by atoms with E-state index in [0.717, 1.165) is 22.6 Å². The van der Waals surface area contributed by atoms with Gasteiger partial charge in [-0.1, -0.05) is 36.4 Å². The lowest BCUT2D eigenvalue weighted by molar-refractivity contribution is -0.120. The van der Waals surface area contributed by atoms with E-state index in [9.17, 15) is 4.79 Å². The van der Waals surface area contributed by atoms with Gasteiger partial charge in [0.2, 0.25) is 0 Å². The Morgan fingerprint density at radius 3 is 2.24 bits per heavy atom. The number of anilines is 1. The number of rotatable bonds is 5. The average Bonchev–Trinajstić information content (AvgIpc) is 2.48. The van der Waals surface area contributed by atoms with Crippen molar-refractivity contribution in [2.24, 2.45) is 0 Å². The molecule has 0 unspecified atom stereocenters. The van der Waals surface area contributed by atoms with Crippen LogP contribution in [0, 0.1) is 13.8 Å². The predicted octanol–water partition coefficient (Wildman–Crippen LogP) is 3.91. The fraction of sp³-hybridized carbons (Fsp3) is 0.235. The molecule has 2 aromatic rings. The summed E-state index contributed by atoms with van der Waals surface area (Å²) < 4.78 is 5.68. The fourth-order valence-electron chi connectivity index (χ4n) is 2.13. The molecule has 0 aliphatic carbocycles. The van der Waals surface area contributed by atoms with Gasteiger partial charge in [0.25, 0.3) is 5.91 Å². The highest BCUT2D eigenvalue weighted by atomic mass is 35.5. The maximum absolute atomic E-state index is 12.3. The maximum atomic E-state index is 12.3. The number of hydrogen-bond acceptors (Lipinski definition) is 2. The quantitative estimate of drug-likeness (QED) is 0.619. The van der Waals surface area contributed by atoms with Crippen molar-refractivity contribution in [3.63, 3.8) is 0 Å². The second-order valence-electron chi connectivity index (χ2n) is 4.79. The molecule has 110 valence electrons. The van der Waals surface area contributed by atoms with E-state index in [-0.39, 0.29) is 18.5 Å². The molecule has 0 aliphatic heterocycles. The van der Waals surface area contributed by atoms with Gasteiger partial charge in [-0.25, -0.2) is 0 Å². The zero-order valence-corrected chi connectivity index (χ0v) is 12.9. The van der Waals surface area contributed by atoms with Crippen molar-refractivity contribution in [3.05, 3.63) is 59.7 Å². The van der Waals surface area contributed by atoms with Crippen molar-refractivity contribution < 1.29 is 9.53 Å². The van der Waals surface area contributed by atoms with E-state index in [0.29, 0.717) is 0 Å². The fourth-order valence-corrected chi connectivity index (χ4v) is 2.40. The van der Waals surface area contributed by atoms with E-state index < -0.39 is 0 Å². The normalized spacial score (nSPS) is 10.2. The molecule has 3 nitrogen and oxygen atoms in total. The lowest BCUT2D eigenvalue weighted by Gasteiger charge is -2.20. The number of benzene rings is 2. The largest absolute Gasteiger partial charge is 0.483 e. The summed E-state index contributed by atoms with van der Waals surface area (Å²) in [6, 6.07) is 15.3. The number of carbonyl (C=O) groups is 1. The molecule has 0 saturated carbocycles. The van der Waals surface area contributed by atoms with E-state index >= 15 is 0 Å². The van der Waals surface area contributed by atoms with E-state index in [2.05, 4.69) is 0 Å². The van der Waals surface area contributed by atoms with Crippen molar-refractivity contribution in [1.82, 2.24) is 0 Å². The molecule has 0 radical (unpaired) electrons. The third kappa shape index (κ3) is 3.76. The lowest BCUT2D eigenvalue weighted by atomic mass is 10.1. The Labute approximate surface area is 130 Å². The van der Waals surface area contributed by atoms with Crippen LogP contribution in [0.5, 0.6) is 5.75 Å². The first-order chi connectivity index (χ1) is 10.1. The minimum absolute atomic E-state index is 0.0344. The first-order valence-corrected chi connectivity index (χ1v) is 7.27. The third-order valence-electron chi connectivity index (χ3n) is 3.24. The van der Waals surface area contributed by atoms with Gasteiger partial charge in [0, 0.05) is 5.69 Å². The number of amides is 1. The summed E-state index contributed by atoms with van der Waals surface area (Å²) >= 11 is 5.89. The molecule has 2 rings (SSSR count). The summed E-state index contributed by atoms with van der Waals surface area (Å²) in [6.45, 7) is 3.89. The average molecular weight is 304 g/mol. The smallest absolute Gasteiger partial charge is 0.265 e. The molecule has 1 amide bonds. The molecular formula is C17H18ClNO2. The SMILES string of the molecule is Cc1cccc(C)c1OCC(=O)N(CCl)c1ccccc1. The molecule has 0 aliphatic rings. The van der Waals surface area contributed by atoms with Gasteiger partial charge in [-0.15, -0.1) is 11.6 Å². The van der Waals surface area contributed by atoms with Crippen LogP contribution in [0.15, 0.2) is 48.5 Å². The minimum atomic E-state index is -0.168. The Morgan fingerprint density at radius 2 is 1.67 bits per heavy atom. The number of ether oxygens (including phenoxy) is 1. The Morgan fingerprint density at radius 1 is 1.05 bits per heavy atom. The molecule has 0 N–H and O–H groups in total. The first-order valence-electron chi connectivity index (χ1n) is 6.74. The van der Waals surface area contributed by atoms with Crippen molar-refractivity contribution in [2.75, 3.05) is 17.5 Å². The summed E-state index contributed by atoms with van der Waals surface area (Å²) in [5.74, 6) is 0.590. The monoisotopic (exact) mass is 303 g/mol. The van der Waals surface area contributed by atoms with Gasteiger partial charge in [-0.2, -0.15) is 0 Å². The molecule has 2 aromatic carbocycles. The van der Waals surface area contributed by atoms with Crippen LogP contribution in [0.4, 0.5) is 5.69 Å². The predicted molar refractivity (Wildman–Crippen MR) is 86.1 cm³/mol. The molecule has 4 heteroatoms. The van der Waals surface area contributed by atoms with Gasteiger partial charge in [-0.3, -0.25) is 9.69 Å². The van der Waals surface area contributed by atoms with Crippen LogP contribution in [0.25, 0.3) is 0 Å². The number of alkyl halides is 1. The highest BCUT2D eigenvalue weighted by Gasteiger charge is 2.16. The van der Waals surface area contributed by atoms with Crippen LogP contribution < -0.4 is 9.64 Å². The van der Waals surface area contributed by atoms with Gasteiger partial charge in [-0.05, 0) is 37.1 Å². The van der Waals surface area contributed by atoms with Crippen LogP contribution in [-0.4, -0.2) is 18.5 Å². The number of halogens is 1. The lowest BCUT2D eigenvalue weighted by Crippen LogP contribution is -2.34. The highest BCUT2D eigenvalue weighted by Crippen LogP contribution is 2.22. The number of carbonyl (C=O) groups excluding carboxylic acids is 1. The summed E-state index contributed by atoms with van der Waals surface area (Å²) in [5.41, 5.74) is 2.79. The summed E-state index contributed by atoms with van der Waals surface area (Å²) in [5, 5.41) is 0. The van der Waals surface area contributed by atoms with E-state index in [1.807, 2.05) is 62.4 Å².